The van der Waals surface area contributed by atoms with E-state index in [-0.39, 0.29) is 18.0 Å². The third-order valence-electron chi connectivity index (χ3n) is 3.46. The zero-order valence-electron chi connectivity index (χ0n) is 12.0. The summed E-state index contributed by atoms with van der Waals surface area (Å²) < 4.78 is 5.60. The van der Waals surface area contributed by atoms with Gasteiger partial charge in [-0.2, -0.15) is 0 Å². The Labute approximate surface area is 120 Å². The highest BCUT2D eigenvalue weighted by atomic mass is 16.5. The highest BCUT2D eigenvalue weighted by molar-refractivity contribution is 5.78. The van der Waals surface area contributed by atoms with E-state index in [1.54, 1.807) is 0 Å². The van der Waals surface area contributed by atoms with Crippen molar-refractivity contribution in [1.82, 2.24) is 0 Å². The smallest absolute Gasteiger partial charge is 0.314 e. The van der Waals surface area contributed by atoms with Crippen LogP contribution < -0.4 is 0 Å². The van der Waals surface area contributed by atoms with Gasteiger partial charge in [-0.25, -0.2) is 0 Å². The molecule has 0 saturated heterocycles. The molecule has 0 spiro atoms. The molecule has 0 aliphatic carbocycles. The minimum atomic E-state index is -0.221. The summed E-state index contributed by atoms with van der Waals surface area (Å²) >= 11 is 0. The zero-order valence-corrected chi connectivity index (χ0v) is 12.0. The zero-order chi connectivity index (χ0) is 14.4. The first kappa shape index (κ1) is 14.3. The van der Waals surface area contributed by atoms with E-state index in [1.165, 1.54) is 0 Å². The summed E-state index contributed by atoms with van der Waals surface area (Å²) in [7, 11) is 0. The number of rotatable bonds is 5. The normalized spacial score (nSPS) is 13.5. The number of esters is 1. The molecular formula is C18H20O2. The van der Waals surface area contributed by atoms with Crippen molar-refractivity contribution in [3.63, 3.8) is 0 Å². The monoisotopic (exact) mass is 268 g/mol. The van der Waals surface area contributed by atoms with Gasteiger partial charge in [0.2, 0.25) is 0 Å². The summed E-state index contributed by atoms with van der Waals surface area (Å²) in [6.07, 6.45) is 0.520. The quantitative estimate of drug-likeness (QED) is 0.747. The molecule has 0 heterocycles. The number of carbonyl (C=O) groups excluding carboxylic acids is 1. The van der Waals surface area contributed by atoms with Gasteiger partial charge in [-0.15, -0.1) is 0 Å². The Hall–Kier alpha value is -2.09. The van der Waals surface area contributed by atoms with Gasteiger partial charge in [-0.3, -0.25) is 4.79 Å². The van der Waals surface area contributed by atoms with E-state index in [0.29, 0.717) is 0 Å². The van der Waals surface area contributed by atoms with Crippen molar-refractivity contribution >= 4 is 5.97 Å². The Balaban J connectivity index is 2.07. The maximum atomic E-state index is 12.3. The molecule has 20 heavy (non-hydrogen) atoms. The van der Waals surface area contributed by atoms with Crippen molar-refractivity contribution in [3.05, 3.63) is 71.8 Å². The molecule has 0 aliphatic heterocycles. The van der Waals surface area contributed by atoms with Gasteiger partial charge in [0.1, 0.15) is 6.10 Å². The molecule has 0 unspecified atom stereocenters. The van der Waals surface area contributed by atoms with Crippen LogP contribution in [0.4, 0.5) is 0 Å². The fourth-order valence-electron chi connectivity index (χ4n) is 2.27. The molecule has 0 radical (unpaired) electrons. The molecule has 0 N–H and O–H groups in total. The van der Waals surface area contributed by atoms with Crippen molar-refractivity contribution in [1.29, 1.82) is 0 Å². The van der Waals surface area contributed by atoms with E-state index in [4.69, 9.17) is 4.74 Å². The van der Waals surface area contributed by atoms with Crippen molar-refractivity contribution in [2.75, 3.05) is 0 Å². The number of benzene rings is 2. The lowest BCUT2D eigenvalue weighted by Crippen LogP contribution is -2.17. The largest absolute Gasteiger partial charge is 0.457 e. The van der Waals surface area contributed by atoms with Crippen LogP contribution in [-0.2, 0) is 9.53 Å². The van der Waals surface area contributed by atoms with Gasteiger partial charge < -0.3 is 4.74 Å². The van der Waals surface area contributed by atoms with Gasteiger partial charge in [0.25, 0.3) is 0 Å². The van der Waals surface area contributed by atoms with Crippen molar-refractivity contribution in [2.45, 2.75) is 32.3 Å². The van der Waals surface area contributed by atoms with Crippen LogP contribution in [0.2, 0.25) is 0 Å². The van der Waals surface area contributed by atoms with Gasteiger partial charge in [-0.05, 0) is 24.5 Å². The van der Waals surface area contributed by atoms with Crippen LogP contribution in [0.5, 0.6) is 0 Å². The van der Waals surface area contributed by atoms with E-state index in [1.807, 2.05) is 74.5 Å². The lowest BCUT2D eigenvalue weighted by Gasteiger charge is -2.19. The van der Waals surface area contributed by atoms with Gasteiger partial charge in [0, 0.05) is 0 Å². The molecule has 2 nitrogen and oxygen atoms in total. The van der Waals surface area contributed by atoms with Crippen LogP contribution >= 0.6 is 0 Å². The van der Waals surface area contributed by atoms with Gasteiger partial charge in [-0.1, -0.05) is 67.6 Å². The molecule has 2 rings (SSSR count). The summed E-state index contributed by atoms with van der Waals surface area (Å²) in [4.78, 5) is 12.3. The third-order valence-corrected chi connectivity index (χ3v) is 3.46. The standard InChI is InChI=1S/C18H20O2/c1-3-17(16-12-8-5-9-13-16)18(19)20-14(2)15-10-6-4-7-11-15/h4-14,17H,3H2,1-2H3/t14-,17+/m0/s1. The van der Waals surface area contributed by atoms with Crippen LogP contribution in [0.25, 0.3) is 0 Å². The predicted octanol–water partition coefficient (Wildman–Crippen LogP) is 4.48. The first-order chi connectivity index (χ1) is 9.72. The van der Waals surface area contributed by atoms with Crippen LogP contribution in [-0.4, -0.2) is 5.97 Å². The average Bonchev–Trinajstić information content (AvgIpc) is 2.50. The van der Waals surface area contributed by atoms with Crippen molar-refractivity contribution in [2.24, 2.45) is 0 Å². The maximum Gasteiger partial charge on any atom is 0.314 e. The molecule has 2 aromatic rings. The molecular weight excluding hydrogens is 248 g/mol. The van der Waals surface area contributed by atoms with Gasteiger partial charge in [0.15, 0.2) is 0 Å². The molecule has 0 fully saturated rings. The molecule has 2 aromatic carbocycles. The first-order valence-corrected chi connectivity index (χ1v) is 7.02. The fourth-order valence-corrected chi connectivity index (χ4v) is 2.27. The Morgan fingerprint density at radius 2 is 1.45 bits per heavy atom. The predicted molar refractivity (Wildman–Crippen MR) is 80.4 cm³/mol. The molecule has 0 aliphatic rings. The topological polar surface area (TPSA) is 26.3 Å². The highest BCUT2D eigenvalue weighted by Gasteiger charge is 2.22. The first-order valence-electron chi connectivity index (χ1n) is 7.02. The van der Waals surface area contributed by atoms with Gasteiger partial charge in [0.05, 0.1) is 5.92 Å². The molecule has 0 aromatic heterocycles. The second-order valence-electron chi connectivity index (χ2n) is 4.86. The van der Waals surface area contributed by atoms with Crippen molar-refractivity contribution in [3.8, 4) is 0 Å². The maximum absolute atomic E-state index is 12.3. The third kappa shape index (κ3) is 3.47. The minimum absolute atomic E-state index is 0.157. The molecule has 2 heteroatoms. The Kier molecular flexibility index (Phi) is 4.94. The summed E-state index contributed by atoms with van der Waals surface area (Å²) in [5.74, 6) is -0.350. The number of ether oxygens (including phenoxy) is 1. The molecule has 0 saturated carbocycles. The molecule has 2 atom stereocenters. The highest BCUT2D eigenvalue weighted by Crippen LogP contribution is 2.25. The average molecular weight is 268 g/mol. The molecule has 0 bridgehead atoms. The van der Waals surface area contributed by atoms with Gasteiger partial charge >= 0.3 is 5.97 Å². The van der Waals surface area contributed by atoms with E-state index in [0.717, 1.165) is 17.5 Å². The van der Waals surface area contributed by atoms with Crippen molar-refractivity contribution < 1.29 is 9.53 Å². The lowest BCUT2D eigenvalue weighted by atomic mass is 9.96. The van der Waals surface area contributed by atoms with Crippen LogP contribution in [0, 0.1) is 0 Å². The molecule has 104 valence electrons. The fraction of sp³-hybridized carbons (Fsp3) is 0.278. The van der Waals surface area contributed by atoms with E-state index in [9.17, 15) is 4.79 Å². The summed E-state index contributed by atoms with van der Waals surface area (Å²) in [6, 6.07) is 19.6. The summed E-state index contributed by atoms with van der Waals surface area (Å²) in [5.41, 5.74) is 2.03. The Morgan fingerprint density at radius 3 is 1.95 bits per heavy atom. The second-order valence-corrected chi connectivity index (χ2v) is 4.86. The van der Waals surface area contributed by atoms with Crippen LogP contribution in [0.15, 0.2) is 60.7 Å². The second kappa shape index (κ2) is 6.90. The lowest BCUT2D eigenvalue weighted by molar-refractivity contribution is -0.150. The Bertz CT molecular complexity index is 534. The number of carbonyl (C=O) groups is 1. The van der Waals surface area contributed by atoms with E-state index >= 15 is 0 Å². The van der Waals surface area contributed by atoms with E-state index < -0.39 is 0 Å². The number of hydrogen-bond donors (Lipinski definition) is 0. The SMILES string of the molecule is CC[C@@H](C(=O)O[C@@H](C)c1ccccc1)c1ccccc1. The summed E-state index contributed by atoms with van der Waals surface area (Å²) in [6.45, 7) is 3.91. The Morgan fingerprint density at radius 1 is 0.950 bits per heavy atom. The van der Waals surface area contributed by atoms with Crippen LogP contribution in [0.1, 0.15) is 43.4 Å². The summed E-state index contributed by atoms with van der Waals surface area (Å²) in [5, 5.41) is 0. The van der Waals surface area contributed by atoms with Crippen LogP contribution in [0.3, 0.4) is 0 Å². The van der Waals surface area contributed by atoms with E-state index in [2.05, 4.69) is 0 Å². The minimum Gasteiger partial charge on any atom is -0.457 e. The molecule has 0 amide bonds. The number of hydrogen-bond acceptors (Lipinski definition) is 2.